The molecule has 1 aliphatic heterocycles. The molecule has 142 valence electrons. The summed E-state index contributed by atoms with van der Waals surface area (Å²) in [5.74, 6) is 0.836. The monoisotopic (exact) mass is 416 g/mol. The average Bonchev–Trinajstić information content (AvgIpc) is 2.62. The van der Waals surface area contributed by atoms with Gasteiger partial charge in [0.15, 0.2) is 0 Å². The van der Waals surface area contributed by atoms with Crippen molar-refractivity contribution in [3.63, 3.8) is 0 Å². The van der Waals surface area contributed by atoms with Crippen LogP contribution in [0.5, 0.6) is 0 Å². The highest BCUT2D eigenvalue weighted by Crippen LogP contribution is 2.22. The van der Waals surface area contributed by atoms with Gasteiger partial charge in [-0.15, -0.1) is 24.8 Å². The minimum atomic E-state index is -1.01. The van der Waals surface area contributed by atoms with E-state index in [0.717, 1.165) is 24.5 Å². The number of aromatic nitrogens is 1. The third-order valence-electron chi connectivity index (χ3n) is 4.42. The lowest BCUT2D eigenvalue weighted by atomic mass is 9.91. The van der Waals surface area contributed by atoms with Gasteiger partial charge in [0.05, 0.1) is 5.02 Å². The SMILES string of the molecule is CC(N)(C(=O)N1CCN(c2ccc(Cl)cn2)CC1)c1ccccc1.Cl.Cl. The summed E-state index contributed by atoms with van der Waals surface area (Å²) in [4.78, 5) is 21.2. The van der Waals surface area contributed by atoms with Gasteiger partial charge in [-0.25, -0.2) is 4.98 Å². The van der Waals surface area contributed by atoms with Crippen LogP contribution in [0.1, 0.15) is 12.5 Å². The number of amides is 1. The Morgan fingerprint density at radius 1 is 1.08 bits per heavy atom. The quantitative estimate of drug-likeness (QED) is 0.833. The van der Waals surface area contributed by atoms with E-state index >= 15 is 0 Å². The number of nitrogens with zero attached hydrogens (tertiary/aromatic N) is 3. The van der Waals surface area contributed by atoms with E-state index in [4.69, 9.17) is 17.3 Å². The van der Waals surface area contributed by atoms with Gasteiger partial charge in [-0.2, -0.15) is 0 Å². The second-order valence-electron chi connectivity index (χ2n) is 6.18. The van der Waals surface area contributed by atoms with Crippen LogP contribution in [0, 0.1) is 0 Å². The number of pyridine rings is 1. The van der Waals surface area contributed by atoms with E-state index < -0.39 is 5.54 Å². The van der Waals surface area contributed by atoms with E-state index in [2.05, 4.69) is 9.88 Å². The van der Waals surface area contributed by atoms with Gasteiger partial charge >= 0.3 is 0 Å². The number of carbonyl (C=O) groups excluding carboxylic acids is 1. The fourth-order valence-corrected chi connectivity index (χ4v) is 3.04. The van der Waals surface area contributed by atoms with Gasteiger partial charge in [0.1, 0.15) is 11.4 Å². The Bertz CT molecular complexity index is 702. The Labute approximate surface area is 171 Å². The van der Waals surface area contributed by atoms with Crippen LogP contribution in [0.25, 0.3) is 0 Å². The molecule has 2 aromatic rings. The van der Waals surface area contributed by atoms with Gasteiger partial charge < -0.3 is 15.5 Å². The van der Waals surface area contributed by atoms with E-state index in [1.165, 1.54) is 0 Å². The number of hydrogen-bond donors (Lipinski definition) is 1. The molecular weight excluding hydrogens is 395 g/mol. The van der Waals surface area contributed by atoms with Crippen LogP contribution in [-0.2, 0) is 10.3 Å². The largest absolute Gasteiger partial charge is 0.353 e. The zero-order chi connectivity index (χ0) is 17.2. The minimum absolute atomic E-state index is 0. The average molecular weight is 418 g/mol. The molecule has 1 saturated heterocycles. The summed E-state index contributed by atoms with van der Waals surface area (Å²) >= 11 is 5.88. The van der Waals surface area contributed by atoms with Crippen LogP contribution in [0.2, 0.25) is 5.02 Å². The molecule has 2 N–H and O–H groups in total. The first-order chi connectivity index (χ1) is 11.5. The van der Waals surface area contributed by atoms with E-state index in [1.807, 2.05) is 47.4 Å². The molecule has 0 saturated carbocycles. The molecule has 0 aliphatic carbocycles. The highest BCUT2D eigenvalue weighted by molar-refractivity contribution is 6.30. The van der Waals surface area contributed by atoms with Gasteiger partial charge in [-0.3, -0.25) is 4.79 Å². The molecule has 0 spiro atoms. The lowest BCUT2D eigenvalue weighted by Gasteiger charge is -2.39. The van der Waals surface area contributed by atoms with Crippen molar-refractivity contribution in [2.75, 3.05) is 31.1 Å². The van der Waals surface area contributed by atoms with Crippen LogP contribution in [-0.4, -0.2) is 42.0 Å². The summed E-state index contributed by atoms with van der Waals surface area (Å²) in [5.41, 5.74) is 6.16. The third kappa shape index (κ3) is 4.80. The van der Waals surface area contributed by atoms with Gasteiger partial charge in [0.25, 0.3) is 0 Å². The van der Waals surface area contributed by atoms with Crippen LogP contribution in [0.15, 0.2) is 48.7 Å². The number of hydrogen-bond acceptors (Lipinski definition) is 4. The Balaban J connectivity index is 0.00000169. The summed E-state index contributed by atoms with van der Waals surface area (Å²) in [7, 11) is 0. The Morgan fingerprint density at radius 2 is 1.69 bits per heavy atom. The van der Waals surface area contributed by atoms with Crippen molar-refractivity contribution in [3.05, 3.63) is 59.2 Å². The molecule has 0 radical (unpaired) electrons. The van der Waals surface area contributed by atoms with Gasteiger partial charge in [0, 0.05) is 32.4 Å². The molecule has 1 aromatic heterocycles. The third-order valence-corrected chi connectivity index (χ3v) is 4.64. The summed E-state index contributed by atoms with van der Waals surface area (Å²) in [6.45, 7) is 4.49. The molecule has 1 atom stereocenters. The number of piperazine rings is 1. The molecule has 5 nitrogen and oxygen atoms in total. The topological polar surface area (TPSA) is 62.5 Å². The number of anilines is 1. The number of rotatable bonds is 3. The van der Waals surface area contributed by atoms with Crippen molar-refractivity contribution in [2.45, 2.75) is 12.5 Å². The lowest BCUT2D eigenvalue weighted by molar-refractivity contribution is -0.137. The highest BCUT2D eigenvalue weighted by atomic mass is 35.5. The predicted molar refractivity (Wildman–Crippen MR) is 111 cm³/mol. The van der Waals surface area contributed by atoms with Crippen LogP contribution in [0.4, 0.5) is 5.82 Å². The van der Waals surface area contributed by atoms with Crippen molar-refractivity contribution in [2.24, 2.45) is 5.73 Å². The Kier molecular flexibility index (Phi) is 8.15. The molecule has 1 unspecified atom stereocenters. The van der Waals surface area contributed by atoms with Crippen molar-refractivity contribution in [1.82, 2.24) is 9.88 Å². The fraction of sp³-hybridized carbons (Fsp3) is 0.333. The zero-order valence-electron chi connectivity index (χ0n) is 14.5. The van der Waals surface area contributed by atoms with Crippen molar-refractivity contribution < 1.29 is 4.79 Å². The number of nitrogens with two attached hydrogens (primary N) is 1. The summed E-state index contributed by atoms with van der Waals surface area (Å²) in [6.07, 6.45) is 1.64. The summed E-state index contributed by atoms with van der Waals surface area (Å²) in [5, 5.41) is 0.620. The number of benzene rings is 1. The van der Waals surface area contributed by atoms with Gasteiger partial charge in [0.2, 0.25) is 5.91 Å². The highest BCUT2D eigenvalue weighted by Gasteiger charge is 2.35. The normalized spacial score (nSPS) is 16.1. The maximum absolute atomic E-state index is 12.9. The second-order valence-corrected chi connectivity index (χ2v) is 6.62. The Morgan fingerprint density at radius 3 is 2.23 bits per heavy atom. The molecule has 26 heavy (non-hydrogen) atoms. The molecule has 2 heterocycles. The first-order valence-corrected chi connectivity index (χ1v) is 8.36. The van der Waals surface area contributed by atoms with Crippen LogP contribution >= 0.6 is 36.4 Å². The Hall–Kier alpha value is -1.53. The maximum Gasteiger partial charge on any atom is 0.247 e. The van der Waals surface area contributed by atoms with Crippen molar-refractivity contribution >= 4 is 48.1 Å². The molecule has 1 amide bonds. The van der Waals surface area contributed by atoms with E-state index in [1.54, 1.807) is 13.1 Å². The number of carbonyl (C=O) groups is 1. The molecule has 1 fully saturated rings. The summed E-state index contributed by atoms with van der Waals surface area (Å²) in [6, 6.07) is 13.2. The second kappa shape index (κ2) is 9.42. The lowest BCUT2D eigenvalue weighted by Crippen LogP contribution is -2.56. The molecular formula is C18H23Cl3N4O. The molecule has 1 aromatic carbocycles. The predicted octanol–water partition coefficient (Wildman–Crippen LogP) is 3.10. The standard InChI is InChI=1S/C18H21ClN4O.2ClH/c1-18(20,14-5-3-2-4-6-14)17(24)23-11-9-22(10-12-23)16-8-7-15(19)13-21-16;;/h2-8,13H,9-12,20H2,1H3;2*1H. The van der Waals surface area contributed by atoms with Gasteiger partial charge in [-0.1, -0.05) is 41.9 Å². The summed E-state index contributed by atoms with van der Waals surface area (Å²) < 4.78 is 0. The first-order valence-electron chi connectivity index (χ1n) is 7.99. The van der Waals surface area contributed by atoms with Gasteiger partial charge in [-0.05, 0) is 24.6 Å². The molecule has 8 heteroatoms. The molecule has 0 bridgehead atoms. The maximum atomic E-state index is 12.9. The van der Waals surface area contributed by atoms with Crippen molar-refractivity contribution in [1.29, 1.82) is 0 Å². The van der Waals surface area contributed by atoms with Crippen LogP contribution in [0.3, 0.4) is 0 Å². The smallest absolute Gasteiger partial charge is 0.247 e. The minimum Gasteiger partial charge on any atom is -0.353 e. The van der Waals surface area contributed by atoms with Crippen molar-refractivity contribution in [3.8, 4) is 0 Å². The van der Waals surface area contributed by atoms with Crippen LogP contribution < -0.4 is 10.6 Å². The number of halogens is 3. The fourth-order valence-electron chi connectivity index (χ4n) is 2.93. The van der Waals surface area contributed by atoms with E-state index in [-0.39, 0.29) is 30.7 Å². The molecule has 1 aliphatic rings. The molecule has 3 rings (SSSR count). The van der Waals surface area contributed by atoms with E-state index in [9.17, 15) is 4.79 Å². The first kappa shape index (κ1) is 22.5. The van der Waals surface area contributed by atoms with E-state index in [0.29, 0.717) is 18.1 Å². The zero-order valence-corrected chi connectivity index (χ0v) is 16.9.